The number of nitrogens with zero attached hydrogens (tertiary/aromatic N) is 5. The zero-order valence-electron chi connectivity index (χ0n) is 30.3. The first-order chi connectivity index (χ1) is 27.8. The molecule has 1 spiro atoms. The number of allylic oxidation sites excluding steroid dienone is 4. The van der Waals surface area contributed by atoms with Gasteiger partial charge in [-0.1, -0.05) is 145 Å². The van der Waals surface area contributed by atoms with Gasteiger partial charge in [-0.3, -0.25) is 9.97 Å². The summed E-state index contributed by atoms with van der Waals surface area (Å²) in [6.07, 6.45) is 13.9. The van der Waals surface area contributed by atoms with E-state index in [9.17, 15) is 0 Å². The fourth-order valence-electron chi connectivity index (χ4n) is 8.77. The fourth-order valence-corrected chi connectivity index (χ4v) is 10.2. The van der Waals surface area contributed by atoms with Crippen molar-refractivity contribution in [3.05, 3.63) is 204 Å². The molecule has 56 heavy (non-hydrogen) atoms. The van der Waals surface area contributed by atoms with Gasteiger partial charge in [-0.15, -0.1) is 0 Å². The van der Waals surface area contributed by atoms with Crippen molar-refractivity contribution >= 4 is 17.3 Å². The minimum atomic E-state index is -0.578. The Bertz CT molecular complexity index is 2850. The van der Waals surface area contributed by atoms with Crippen LogP contribution in [0.25, 0.3) is 61.9 Å². The molecule has 0 atom stereocenters. The molecule has 1 aliphatic heterocycles. The predicted molar refractivity (Wildman–Crippen MR) is 225 cm³/mol. The van der Waals surface area contributed by atoms with E-state index in [0.29, 0.717) is 11.6 Å². The molecule has 0 fully saturated rings. The molecule has 0 amide bonds. The number of fused-ring (bicyclic) bond motifs is 9. The van der Waals surface area contributed by atoms with Crippen LogP contribution in [0.5, 0.6) is 0 Å². The van der Waals surface area contributed by atoms with Gasteiger partial charge in [-0.2, -0.15) is 0 Å². The normalized spacial score (nSPS) is 14.4. The number of benzene rings is 5. The highest BCUT2D eigenvalue weighted by Crippen LogP contribution is 2.64. The zero-order valence-corrected chi connectivity index (χ0v) is 31.1. The largest absolute Gasteiger partial charge is 0.265 e. The molecular formula is C50H33N5S. The smallest absolute Gasteiger partial charge is 0.165 e. The lowest BCUT2D eigenvalue weighted by atomic mass is 9.66. The maximum Gasteiger partial charge on any atom is 0.165 e. The van der Waals surface area contributed by atoms with Crippen LogP contribution in [0, 0.1) is 0 Å². The molecule has 11 rings (SSSR count). The van der Waals surface area contributed by atoms with E-state index < -0.39 is 5.41 Å². The molecule has 0 radical (unpaired) electrons. The van der Waals surface area contributed by atoms with Crippen LogP contribution in [-0.2, 0) is 5.41 Å². The van der Waals surface area contributed by atoms with Crippen LogP contribution in [-0.4, -0.2) is 24.9 Å². The van der Waals surface area contributed by atoms with Gasteiger partial charge in [-0.25, -0.2) is 15.0 Å². The van der Waals surface area contributed by atoms with E-state index in [1.165, 1.54) is 38.3 Å². The second-order valence-electron chi connectivity index (χ2n) is 14.3. The van der Waals surface area contributed by atoms with Crippen molar-refractivity contribution in [1.82, 2.24) is 24.9 Å². The van der Waals surface area contributed by atoms with E-state index in [2.05, 4.69) is 132 Å². The van der Waals surface area contributed by atoms with Crippen LogP contribution in [0.4, 0.5) is 0 Å². The van der Waals surface area contributed by atoms with E-state index in [1.54, 1.807) is 0 Å². The average Bonchev–Trinajstić information content (AvgIpc) is 3.57. The monoisotopic (exact) mass is 735 g/mol. The molecular weight excluding hydrogens is 703 g/mol. The summed E-state index contributed by atoms with van der Waals surface area (Å²) in [4.78, 5) is 27.0. The standard InChI is InChI=1S/C50H33N5S/c1-3-13-33(14-4-1)47-53-48(34-15-5-2-6-16-34)55-49(54-47)39-20-12-24-43-46(39)56-45-36(35-27-30-52-44(31-35)32-25-28-51-29-26-32)19-11-23-42(45)50(43)40-21-9-7-17-37(40)38-18-8-10-22-41(38)50/h1-5,7-15,17-31H,6,16H2. The Morgan fingerprint density at radius 1 is 0.482 bits per heavy atom. The maximum absolute atomic E-state index is 5.30. The van der Waals surface area contributed by atoms with E-state index in [-0.39, 0.29) is 0 Å². The van der Waals surface area contributed by atoms with E-state index in [4.69, 9.17) is 19.9 Å². The lowest BCUT2D eigenvalue weighted by Gasteiger charge is -2.41. The molecule has 0 saturated carbocycles. The third-order valence-electron chi connectivity index (χ3n) is 11.3. The summed E-state index contributed by atoms with van der Waals surface area (Å²) in [5.41, 5.74) is 14.3. The Hall–Kier alpha value is -6.76. The molecule has 5 nitrogen and oxygen atoms in total. The lowest BCUT2D eigenvalue weighted by Crippen LogP contribution is -2.32. The van der Waals surface area contributed by atoms with Crippen LogP contribution in [0.3, 0.4) is 0 Å². The summed E-state index contributed by atoms with van der Waals surface area (Å²) in [5, 5.41) is 0. The highest BCUT2D eigenvalue weighted by molar-refractivity contribution is 7.99. The van der Waals surface area contributed by atoms with E-state index in [0.717, 1.165) is 62.6 Å². The summed E-state index contributed by atoms with van der Waals surface area (Å²) >= 11 is 1.82. The topological polar surface area (TPSA) is 64.5 Å². The van der Waals surface area contributed by atoms with Crippen LogP contribution in [0.15, 0.2) is 186 Å². The van der Waals surface area contributed by atoms with E-state index in [1.807, 2.05) is 60.7 Å². The summed E-state index contributed by atoms with van der Waals surface area (Å²) in [6.45, 7) is 0. The highest BCUT2D eigenvalue weighted by Gasteiger charge is 2.51. The van der Waals surface area contributed by atoms with Crippen molar-refractivity contribution in [1.29, 1.82) is 0 Å². The quantitative estimate of drug-likeness (QED) is 0.175. The third kappa shape index (κ3) is 5.06. The highest BCUT2D eigenvalue weighted by atomic mass is 32.2. The molecule has 0 N–H and O–H groups in total. The number of rotatable bonds is 5. The average molecular weight is 736 g/mol. The molecule has 3 aromatic heterocycles. The van der Waals surface area contributed by atoms with Gasteiger partial charge in [0.2, 0.25) is 0 Å². The second-order valence-corrected chi connectivity index (χ2v) is 15.3. The molecule has 5 aromatic carbocycles. The van der Waals surface area contributed by atoms with Crippen LogP contribution in [0.1, 0.15) is 40.9 Å². The van der Waals surface area contributed by atoms with Gasteiger partial charge >= 0.3 is 0 Å². The maximum atomic E-state index is 5.30. The molecule has 0 bridgehead atoms. The summed E-state index contributed by atoms with van der Waals surface area (Å²) in [7, 11) is 0. The number of aromatic nitrogens is 5. The van der Waals surface area contributed by atoms with Gasteiger partial charge < -0.3 is 0 Å². The first-order valence-corrected chi connectivity index (χ1v) is 19.8. The molecule has 0 unspecified atom stereocenters. The second kappa shape index (κ2) is 13.2. The van der Waals surface area contributed by atoms with Crippen molar-refractivity contribution < 1.29 is 0 Å². The van der Waals surface area contributed by atoms with Crippen molar-refractivity contribution in [2.45, 2.75) is 28.0 Å². The SMILES string of the molecule is C1=CCCC(c2nc(-c3ccccc3)nc(-c3cccc4c3Sc3c(-c5ccnc(-c6ccncc6)c5)cccc3C43c4ccccc4-c4ccccc43)n2)=C1. The van der Waals surface area contributed by atoms with Crippen LogP contribution >= 0.6 is 11.8 Å². The minimum Gasteiger partial charge on any atom is -0.265 e. The van der Waals surface area contributed by atoms with Crippen molar-refractivity contribution in [3.8, 4) is 56.3 Å². The molecule has 3 aliphatic rings. The molecule has 4 heterocycles. The predicted octanol–water partition coefficient (Wildman–Crippen LogP) is 11.9. The summed E-state index contributed by atoms with van der Waals surface area (Å²) < 4.78 is 0. The van der Waals surface area contributed by atoms with Gasteiger partial charge in [-0.05, 0) is 87.2 Å². The third-order valence-corrected chi connectivity index (χ3v) is 12.5. The Morgan fingerprint density at radius 3 is 1.82 bits per heavy atom. The van der Waals surface area contributed by atoms with Gasteiger partial charge in [0.25, 0.3) is 0 Å². The minimum absolute atomic E-state index is 0.578. The molecule has 6 heteroatoms. The van der Waals surface area contributed by atoms with Crippen molar-refractivity contribution in [3.63, 3.8) is 0 Å². The van der Waals surface area contributed by atoms with Gasteiger partial charge in [0.15, 0.2) is 17.5 Å². The molecule has 0 saturated heterocycles. The Morgan fingerprint density at radius 2 is 1.09 bits per heavy atom. The first kappa shape index (κ1) is 32.7. The molecule has 2 aliphatic carbocycles. The zero-order chi connectivity index (χ0) is 37.1. The van der Waals surface area contributed by atoms with Crippen molar-refractivity contribution in [2.75, 3.05) is 0 Å². The Balaban J connectivity index is 1.20. The Kier molecular flexibility index (Phi) is 7.71. The van der Waals surface area contributed by atoms with Gasteiger partial charge in [0.1, 0.15) is 0 Å². The lowest BCUT2D eigenvalue weighted by molar-refractivity contribution is 0.723. The number of hydrogen-bond donors (Lipinski definition) is 0. The number of hydrogen-bond acceptors (Lipinski definition) is 6. The summed E-state index contributed by atoms with van der Waals surface area (Å²) in [6, 6.07) is 50.0. The Labute approximate surface area is 329 Å². The van der Waals surface area contributed by atoms with Crippen LogP contribution in [0.2, 0.25) is 0 Å². The van der Waals surface area contributed by atoms with E-state index >= 15 is 0 Å². The molecule has 8 aromatic rings. The fraction of sp³-hybridized carbons (Fsp3) is 0.0600. The van der Waals surface area contributed by atoms with Crippen molar-refractivity contribution in [2.24, 2.45) is 0 Å². The van der Waals surface area contributed by atoms with Gasteiger partial charge in [0, 0.05) is 45.1 Å². The first-order valence-electron chi connectivity index (χ1n) is 19.0. The number of pyridine rings is 2. The summed E-state index contributed by atoms with van der Waals surface area (Å²) in [5.74, 6) is 2.07. The molecule has 264 valence electrons. The van der Waals surface area contributed by atoms with Gasteiger partial charge in [0.05, 0.1) is 11.1 Å². The van der Waals surface area contributed by atoms with Crippen LogP contribution < -0.4 is 0 Å².